The zero-order chi connectivity index (χ0) is 10.8. The van der Waals surface area contributed by atoms with Crippen LogP contribution in [0.4, 0.5) is 5.69 Å². The lowest BCUT2D eigenvalue weighted by atomic mass is 10.1. The van der Waals surface area contributed by atoms with Crippen LogP contribution in [0.1, 0.15) is 24.0 Å². The fourth-order valence-corrected chi connectivity index (χ4v) is 1.48. The van der Waals surface area contributed by atoms with Crippen LogP contribution in [0, 0.1) is 17.0 Å². The topological polar surface area (TPSA) is 52.4 Å². The largest absolute Gasteiger partial charge is 0.373 e. The first kappa shape index (κ1) is 10.1. The van der Waals surface area contributed by atoms with Crippen molar-refractivity contribution in [2.24, 2.45) is 0 Å². The molecule has 4 nitrogen and oxygen atoms in total. The van der Waals surface area contributed by atoms with E-state index in [4.69, 9.17) is 4.74 Å². The van der Waals surface area contributed by atoms with E-state index in [9.17, 15) is 10.1 Å². The first-order valence-electron chi connectivity index (χ1n) is 5.03. The maximum Gasteiger partial charge on any atom is 0.275 e. The Hall–Kier alpha value is -1.42. The third-order valence-corrected chi connectivity index (χ3v) is 2.57. The first-order chi connectivity index (χ1) is 7.18. The Morgan fingerprint density at radius 3 is 2.87 bits per heavy atom. The molecule has 1 saturated carbocycles. The maximum absolute atomic E-state index is 10.8. The number of nitro benzene ring substituents is 1. The summed E-state index contributed by atoms with van der Waals surface area (Å²) in [6.45, 7) is 2.23. The lowest BCUT2D eigenvalue weighted by Gasteiger charge is -2.06. The Morgan fingerprint density at radius 2 is 2.27 bits per heavy atom. The molecule has 15 heavy (non-hydrogen) atoms. The van der Waals surface area contributed by atoms with E-state index >= 15 is 0 Å². The summed E-state index contributed by atoms with van der Waals surface area (Å²) >= 11 is 0. The van der Waals surface area contributed by atoms with Gasteiger partial charge in [0.15, 0.2) is 0 Å². The number of rotatable bonds is 4. The maximum atomic E-state index is 10.8. The molecular weight excluding hydrogens is 194 g/mol. The lowest BCUT2D eigenvalue weighted by molar-refractivity contribution is -0.386. The molecule has 0 N–H and O–H groups in total. The van der Waals surface area contributed by atoms with Gasteiger partial charge in [-0.15, -0.1) is 0 Å². The number of ether oxygens (including phenoxy) is 1. The van der Waals surface area contributed by atoms with Gasteiger partial charge in [0.25, 0.3) is 5.69 Å². The smallest absolute Gasteiger partial charge is 0.275 e. The van der Waals surface area contributed by atoms with Crippen LogP contribution in [0.15, 0.2) is 18.2 Å². The Balaban J connectivity index is 2.20. The fraction of sp³-hybridized carbons (Fsp3) is 0.455. The summed E-state index contributed by atoms with van der Waals surface area (Å²) in [6, 6.07) is 5.10. The average molecular weight is 207 g/mol. The lowest BCUT2D eigenvalue weighted by Crippen LogP contribution is -2.01. The van der Waals surface area contributed by atoms with Crippen LogP contribution in [-0.4, -0.2) is 11.0 Å². The molecule has 1 aromatic carbocycles. The number of aryl methyl sites for hydroxylation is 1. The van der Waals surface area contributed by atoms with Crippen molar-refractivity contribution < 1.29 is 9.66 Å². The van der Waals surface area contributed by atoms with Crippen molar-refractivity contribution in [3.8, 4) is 0 Å². The summed E-state index contributed by atoms with van der Waals surface area (Å²) in [5.74, 6) is 0. The van der Waals surface area contributed by atoms with E-state index < -0.39 is 0 Å². The van der Waals surface area contributed by atoms with Gasteiger partial charge in [-0.05, 0) is 25.3 Å². The van der Waals surface area contributed by atoms with Crippen LogP contribution < -0.4 is 0 Å². The molecule has 0 heterocycles. The first-order valence-corrected chi connectivity index (χ1v) is 5.03. The van der Waals surface area contributed by atoms with Crippen molar-refractivity contribution in [1.29, 1.82) is 0 Å². The highest BCUT2D eigenvalue weighted by Crippen LogP contribution is 2.28. The van der Waals surface area contributed by atoms with Gasteiger partial charge in [-0.2, -0.15) is 0 Å². The van der Waals surface area contributed by atoms with Crippen molar-refractivity contribution in [2.75, 3.05) is 0 Å². The van der Waals surface area contributed by atoms with Crippen molar-refractivity contribution >= 4 is 5.69 Å². The number of hydrogen-bond donors (Lipinski definition) is 0. The molecule has 1 aliphatic carbocycles. The van der Waals surface area contributed by atoms with E-state index in [0.29, 0.717) is 18.3 Å². The van der Waals surface area contributed by atoms with E-state index in [1.54, 1.807) is 6.07 Å². The molecule has 1 aromatic rings. The number of benzene rings is 1. The SMILES string of the molecule is Cc1cccc([N+](=O)[O-])c1COC1CC1. The number of nitro groups is 1. The van der Waals surface area contributed by atoms with Gasteiger partial charge in [-0.25, -0.2) is 0 Å². The Bertz CT molecular complexity index is 385. The molecule has 0 spiro atoms. The van der Waals surface area contributed by atoms with Gasteiger partial charge in [-0.1, -0.05) is 12.1 Å². The molecule has 1 aliphatic rings. The van der Waals surface area contributed by atoms with E-state index in [0.717, 1.165) is 18.4 Å². The van der Waals surface area contributed by atoms with Gasteiger partial charge in [0, 0.05) is 6.07 Å². The third kappa shape index (κ3) is 2.33. The second kappa shape index (κ2) is 3.98. The molecule has 2 rings (SSSR count). The van der Waals surface area contributed by atoms with E-state index in [2.05, 4.69) is 0 Å². The molecule has 0 atom stereocenters. The molecule has 80 valence electrons. The van der Waals surface area contributed by atoms with Gasteiger partial charge in [0.05, 0.1) is 23.2 Å². The molecule has 0 unspecified atom stereocenters. The van der Waals surface area contributed by atoms with Crippen molar-refractivity contribution in [2.45, 2.75) is 32.5 Å². The number of hydrogen-bond acceptors (Lipinski definition) is 3. The van der Waals surface area contributed by atoms with Crippen LogP contribution in [0.3, 0.4) is 0 Å². The van der Waals surface area contributed by atoms with Crippen LogP contribution in [0.25, 0.3) is 0 Å². The summed E-state index contributed by atoms with van der Waals surface area (Å²) in [6.07, 6.45) is 2.49. The van der Waals surface area contributed by atoms with E-state index in [-0.39, 0.29) is 10.6 Å². The molecule has 1 fully saturated rings. The molecular formula is C11H13NO3. The van der Waals surface area contributed by atoms with E-state index in [1.165, 1.54) is 6.07 Å². The fourth-order valence-electron chi connectivity index (χ4n) is 1.48. The van der Waals surface area contributed by atoms with Crippen LogP contribution in [-0.2, 0) is 11.3 Å². The molecule has 0 bridgehead atoms. The third-order valence-electron chi connectivity index (χ3n) is 2.57. The van der Waals surface area contributed by atoms with E-state index in [1.807, 2.05) is 13.0 Å². The summed E-state index contributed by atoms with van der Waals surface area (Å²) in [7, 11) is 0. The van der Waals surface area contributed by atoms with Crippen molar-refractivity contribution in [3.63, 3.8) is 0 Å². The van der Waals surface area contributed by atoms with Gasteiger partial charge >= 0.3 is 0 Å². The predicted octanol–water partition coefficient (Wildman–Crippen LogP) is 2.58. The Morgan fingerprint density at radius 1 is 1.53 bits per heavy atom. The van der Waals surface area contributed by atoms with Gasteiger partial charge in [0.2, 0.25) is 0 Å². The van der Waals surface area contributed by atoms with Crippen LogP contribution >= 0.6 is 0 Å². The Labute approximate surface area is 88.0 Å². The van der Waals surface area contributed by atoms with Gasteiger partial charge in [-0.3, -0.25) is 10.1 Å². The summed E-state index contributed by atoms with van der Waals surface area (Å²) in [5.41, 5.74) is 1.79. The van der Waals surface area contributed by atoms with Crippen LogP contribution in [0.2, 0.25) is 0 Å². The highest BCUT2D eigenvalue weighted by molar-refractivity contribution is 5.44. The summed E-state index contributed by atoms with van der Waals surface area (Å²) in [4.78, 5) is 10.4. The zero-order valence-corrected chi connectivity index (χ0v) is 8.60. The van der Waals surface area contributed by atoms with Gasteiger partial charge in [0.1, 0.15) is 0 Å². The standard InChI is InChI=1S/C11H13NO3/c1-8-3-2-4-11(12(13)14)10(8)7-15-9-5-6-9/h2-4,9H,5-7H2,1H3. The number of nitrogens with zero attached hydrogens (tertiary/aromatic N) is 1. The zero-order valence-electron chi connectivity index (χ0n) is 8.60. The molecule has 0 aliphatic heterocycles. The molecule has 0 radical (unpaired) electrons. The van der Waals surface area contributed by atoms with Crippen LogP contribution in [0.5, 0.6) is 0 Å². The van der Waals surface area contributed by atoms with Crippen molar-refractivity contribution in [1.82, 2.24) is 0 Å². The minimum Gasteiger partial charge on any atom is -0.373 e. The minimum atomic E-state index is -0.349. The highest BCUT2D eigenvalue weighted by atomic mass is 16.6. The second-order valence-corrected chi connectivity index (χ2v) is 3.84. The minimum absolute atomic E-state index is 0.163. The van der Waals surface area contributed by atoms with Gasteiger partial charge < -0.3 is 4.74 Å². The van der Waals surface area contributed by atoms with Crippen molar-refractivity contribution in [3.05, 3.63) is 39.4 Å². The summed E-state index contributed by atoms with van der Waals surface area (Å²) < 4.78 is 5.51. The second-order valence-electron chi connectivity index (χ2n) is 3.84. The molecule has 0 amide bonds. The quantitative estimate of drug-likeness (QED) is 0.563. The highest BCUT2D eigenvalue weighted by Gasteiger charge is 2.24. The Kier molecular flexibility index (Phi) is 2.68. The normalized spacial score (nSPS) is 15.3. The molecule has 0 saturated heterocycles. The molecule has 4 heteroatoms. The summed E-state index contributed by atoms with van der Waals surface area (Å²) in [5, 5.41) is 10.8. The average Bonchev–Trinajstić information content (AvgIpc) is 2.99. The molecule has 0 aromatic heterocycles. The monoisotopic (exact) mass is 207 g/mol. The predicted molar refractivity (Wildman–Crippen MR) is 55.6 cm³/mol.